The van der Waals surface area contributed by atoms with Gasteiger partial charge in [0.05, 0.1) is 6.61 Å². The van der Waals surface area contributed by atoms with Gasteiger partial charge in [-0.05, 0) is 41.8 Å². The van der Waals surface area contributed by atoms with Gasteiger partial charge in [0.25, 0.3) is 0 Å². The third kappa shape index (κ3) is 3.18. The molecule has 100 valence electrons. The van der Waals surface area contributed by atoms with Gasteiger partial charge in [0.2, 0.25) is 0 Å². The fourth-order valence-corrected chi connectivity index (χ4v) is 2.15. The number of halogens is 2. The van der Waals surface area contributed by atoms with Gasteiger partial charge in [-0.15, -0.1) is 0 Å². The Hall–Kier alpha value is -1.74. The van der Waals surface area contributed by atoms with Gasteiger partial charge in [0, 0.05) is 5.41 Å². The Labute approximate surface area is 111 Å². The van der Waals surface area contributed by atoms with Gasteiger partial charge >= 0.3 is 0 Å². The van der Waals surface area contributed by atoms with Crippen molar-refractivity contribution in [2.75, 3.05) is 6.61 Å². The molecule has 2 aromatic rings. The molecule has 1 nitrogen and oxygen atoms in total. The SMILES string of the molecule is CC(CO)(Cc1ccc(F)cc1)c1ccc(F)cc1. The summed E-state index contributed by atoms with van der Waals surface area (Å²) in [6, 6.07) is 12.3. The lowest BCUT2D eigenvalue weighted by atomic mass is 9.78. The standard InChI is InChI=1S/C16H16F2O/c1-16(11-19,13-4-8-15(18)9-5-13)10-12-2-6-14(17)7-3-12/h2-9,19H,10-11H2,1H3. The zero-order valence-electron chi connectivity index (χ0n) is 10.7. The molecule has 0 aromatic heterocycles. The predicted molar refractivity (Wildman–Crippen MR) is 70.9 cm³/mol. The number of hydrogen-bond acceptors (Lipinski definition) is 1. The largest absolute Gasteiger partial charge is 0.395 e. The summed E-state index contributed by atoms with van der Waals surface area (Å²) in [7, 11) is 0. The second-order valence-corrected chi connectivity index (χ2v) is 5.03. The van der Waals surface area contributed by atoms with Crippen LogP contribution in [-0.2, 0) is 11.8 Å². The molecule has 0 heterocycles. The van der Waals surface area contributed by atoms with Crippen molar-refractivity contribution in [1.29, 1.82) is 0 Å². The van der Waals surface area contributed by atoms with E-state index in [1.165, 1.54) is 24.3 Å². The van der Waals surface area contributed by atoms with E-state index in [2.05, 4.69) is 0 Å². The van der Waals surface area contributed by atoms with Crippen LogP contribution in [0.4, 0.5) is 8.78 Å². The molecule has 0 aliphatic carbocycles. The molecule has 19 heavy (non-hydrogen) atoms. The van der Waals surface area contributed by atoms with Crippen LogP contribution in [0.1, 0.15) is 18.1 Å². The normalized spacial score (nSPS) is 14.1. The Morgan fingerprint density at radius 2 is 1.37 bits per heavy atom. The fraction of sp³-hybridized carbons (Fsp3) is 0.250. The molecular weight excluding hydrogens is 246 g/mol. The van der Waals surface area contributed by atoms with Crippen molar-refractivity contribution in [3.8, 4) is 0 Å². The van der Waals surface area contributed by atoms with E-state index in [4.69, 9.17) is 0 Å². The molecule has 0 fully saturated rings. The van der Waals surface area contributed by atoms with Crippen LogP contribution in [0.15, 0.2) is 48.5 Å². The predicted octanol–water partition coefficient (Wildman–Crippen LogP) is 3.46. The first-order valence-electron chi connectivity index (χ1n) is 6.15. The maximum atomic E-state index is 12.9. The van der Waals surface area contributed by atoms with E-state index in [9.17, 15) is 13.9 Å². The number of aliphatic hydroxyl groups excluding tert-OH is 1. The lowest BCUT2D eigenvalue weighted by molar-refractivity contribution is 0.204. The van der Waals surface area contributed by atoms with Gasteiger partial charge in [0.15, 0.2) is 0 Å². The Bertz CT molecular complexity index is 534. The van der Waals surface area contributed by atoms with Gasteiger partial charge in [0.1, 0.15) is 11.6 Å². The van der Waals surface area contributed by atoms with E-state index in [0.29, 0.717) is 6.42 Å². The first-order valence-corrected chi connectivity index (χ1v) is 6.15. The summed E-state index contributed by atoms with van der Waals surface area (Å²) in [5.74, 6) is -0.581. The van der Waals surface area contributed by atoms with Crippen molar-refractivity contribution < 1.29 is 13.9 Å². The molecule has 2 rings (SSSR count). The van der Waals surface area contributed by atoms with Crippen LogP contribution < -0.4 is 0 Å². The summed E-state index contributed by atoms with van der Waals surface area (Å²) in [4.78, 5) is 0. The van der Waals surface area contributed by atoms with Crippen molar-refractivity contribution in [2.45, 2.75) is 18.8 Å². The highest BCUT2D eigenvalue weighted by Gasteiger charge is 2.26. The van der Waals surface area contributed by atoms with Crippen molar-refractivity contribution in [2.24, 2.45) is 0 Å². The molecule has 0 saturated heterocycles. The van der Waals surface area contributed by atoms with E-state index >= 15 is 0 Å². The summed E-state index contributed by atoms with van der Waals surface area (Å²) in [6.45, 7) is 1.85. The molecule has 0 saturated carbocycles. The Morgan fingerprint density at radius 1 is 0.895 bits per heavy atom. The molecule has 0 spiro atoms. The molecule has 1 N–H and O–H groups in total. The Kier molecular flexibility index (Phi) is 3.96. The number of benzene rings is 2. The third-order valence-electron chi connectivity index (χ3n) is 3.40. The highest BCUT2D eigenvalue weighted by molar-refractivity contribution is 5.29. The minimum Gasteiger partial charge on any atom is -0.395 e. The first kappa shape index (κ1) is 13.7. The maximum Gasteiger partial charge on any atom is 0.123 e. The minimum atomic E-state index is -0.508. The summed E-state index contributed by atoms with van der Waals surface area (Å²) < 4.78 is 25.8. The topological polar surface area (TPSA) is 20.2 Å². The van der Waals surface area contributed by atoms with E-state index < -0.39 is 5.41 Å². The molecule has 3 heteroatoms. The van der Waals surface area contributed by atoms with E-state index in [-0.39, 0.29) is 18.2 Å². The highest BCUT2D eigenvalue weighted by atomic mass is 19.1. The Balaban J connectivity index is 2.27. The first-order chi connectivity index (χ1) is 9.03. The number of aliphatic hydroxyl groups is 1. The Morgan fingerprint density at radius 3 is 1.84 bits per heavy atom. The van der Waals surface area contributed by atoms with E-state index in [0.717, 1.165) is 11.1 Å². The number of hydrogen-bond donors (Lipinski definition) is 1. The maximum absolute atomic E-state index is 12.9. The van der Waals surface area contributed by atoms with E-state index in [1.54, 1.807) is 24.3 Å². The summed E-state index contributed by atoms with van der Waals surface area (Å²) >= 11 is 0. The quantitative estimate of drug-likeness (QED) is 0.894. The monoisotopic (exact) mass is 262 g/mol. The van der Waals surface area contributed by atoms with Crippen LogP contribution in [0.25, 0.3) is 0 Å². The zero-order valence-corrected chi connectivity index (χ0v) is 10.7. The van der Waals surface area contributed by atoms with Crippen molar-refractivity contribution >= 4 is 0 Å². The van der Waals surface area contributed by atoms with Gasteiger partial charge in [-0.25, -0.2) is 8.78 Å². The molecule has 0 bridgehead atoms. The molecule has 0 aliphatic rings. The van der Waals surface area contributed by atoms with Crippen LogP contribution in [0.5, 0.6) is 0 Å². The van der Waals surface area contributed by atoms with Crippen LogP contribution in [-0.4, -0.2) is 11.7 Å². The van der Waals surface area contributed by atoms with Crippen molar-refractivity contribution in [1.82, 2.24) is 0 Å². The number of rotatable bonds is 4. The summed E-state index contributed by atoms with van der Waals surface area (Å²) in [5.41, 5.74) is 1.29. The average molecular weight is 262 g/mol. The van der Waals surface area contributed by atoms with Crippen LogP contribution >= 0.6 is 0 Å². The van der Waals surface area contributed by atoms with Crippen LogP contribution in [0, 0.1) is 11.6 Å². The summed E-state index contributed by atoms with van der Waals surface area (Å²) in [6.07, 6.45) is 0.565. The smallest absolute Gasteiger partial charge is 0.123 e. The third-order valence-corrected chi connectivity index (χ3v) is 3.40. The average Bonchev–Trinajstić information content (AvgIpc) is 2.42. The van der Waals surface area contributed by atoms with Gasteiger partial charge in [-0.3, -0.25) is 0 Å². The lowest BCUT2D eigenvalue weighted by Crippen LogP contribution is -2.29. The lowest BCUT2D eigenvalue weighted by Gasteiger charge is -2.28. The van der Waals surface area contributed by atoms with Crippen molar-refractivity contribution in [3.63, 3.8) is 0 Å². The molecule has 0 amide bonds. The highest BCUT2D eigenvalue weighted by Crippen LogP contribution is 2.28. The molecule has 1 unspecified atom stereocenters. The fourth-order valence-electron chi connectivity index (χ4n) is 2.15. The second-order valence-electron chi connectivity index (χ2n) is 5.03. The molecule has 0 radical (unpaired) electrons. The van der Waals surface area contributed by atoms with Gasteiger partial charge in [-0.2, -0.15) is 0 Å². The molecular formula is C16H16F2O. The van der Waals surface area contributed by atoms with Crippen LogP contribution in [0.2, 0.25) is 0 Å². The van der Waals surface area contributed by atoms with Gasteiger partial charge < -0.3 is 5.11 Å². The minimum absolute atomic E-state index is 0.0595. The molecule has 2 aromatic carbocycles. The molecule has 1 atom stereocenters. The zero-order chi connectivity index (χ0) is 13.9. The van der Waals surface area contributed by atoms with Crippen LogP contribution in [0.3, 0.4) is 0 Å². The summed E-state index contributed by atoms with van der Waals surface area (Å²) in [5, 5.41) is 9.66. The van der Waals surface area contributed by atoms with Gasteiger partial charge in [-0.1, -0.05) is 31.2 Å². The van der Waals surface area contributed by atoms with Crippen molar-refractivity contribution in [3.05, 3.63) is 71.3 Å². The van der Waals surface area contributed by atoms with E-state index in [1.807, 2.05) is 6.92 Å². The molecule has 0 aliphatic heterocycles. The second kappa shape index (κ2) is 5.49.